The third kappa shape index (κ3) is 3.92. The molecule has 0 unspecified atom stereocenters. The lowest BCUT2D eigenvalue weighted by Gasteiger charge is -2.13. The average Bonchev–Trinajstić information content (AvgIpc) is 3.03. The Hall–Kier alpha value is -3.13. The summed E-state index contributed by atoms with van der Waals surface area (Å²) < 4.78 is 10.2. The molecular weight excluding hydrogens is 358 g/mol. The smallest absolute Gasteiger partial charge is 0.275 e. The fourth-order valence-electron chi connectivity index (χ4n) is 2.22. The number of ether oxygens (including phenoxy) is 1. The van der Waals surface area contributed by atoms with Crippen LogP contribution in [-0.2, 0) is 0 Å². The van der Waals surface area contributed by atoms with Gasteiger partial charge >= 0.3 is 0 Å². The highest BCUT2D eigenvalue weighted by Crippen LogP contribution is 2.32. The summed E-state index contributed by atoms with van der Waals surface area (Å²) in [4.78, 5) is 20.4. The summed E-state index contributed by atoms with van der Waals surface area (Å²) in [5.74, 6) is 1.47. The number of aromatic nitrogens is 3. The number of carbonyl (C=O) groups excluding carboxylic acids is 1. The van der Waals surface area contributed by atoms with E-state index in [-0.39, 0.29) is 5.69 Å². The van der Waals surface area contributed by atoms with Gasteiger partial charge < -0.3 is 19.9 Å². The molecule has 1 aromatic carbocycles. The Kier molecular flexibility index (Phi) is 5.04. The summed E-state index contributed by atoms with van der Waals surface area (Å²) in [5.41, 5.74) is 1.72. The molecule has 26 heavy (non-hydrogen) atoms. The van der Waals surface area contributed by atoms with Crippen LogP contribution in [0.2, 0.25) is 5.02 Å². The van der Waals surface area contributed by atoms with E-state index in [1.807, 2.05) is 13.0 Å². The molecule has 134 valence electrons. The SMILES string of the molecule is COc1cc(Cl)c(C)cc1Nc1cc(C(=O)Nc2cc(C)on2)ncn1. The van der Waals surface area contributed by atoms with Gasteiger partial charge in [-0.3, -0.25) is 4.79 Å². The van der Waals surface area contributed by atoms with Crippen LogP contribution >= 0.6 is 11.6 Å². The number of benzene rings is 1. The minimum atomic E-state index is -0.428. The molecule has 3 aromatic rings. The molecule has 0 saturated carbocycles. The Labute approximate surface area is 154 Å². The van der Waals surface area contributed by atoms with E-state index >= 15 is 0 Å². The first kappa shape index (κ1) is 17.7. The van der Waals surface area contributed by atoms with E-state index in [4.69, 9.17) is 20.9 Å². The molecule has 0 radical (unpaired) electrons. The number of halogens is 1. The lowest BCUT2D eigenvalue weighted by molar-refractivity contribution is 0.102. The molecule has 0 saturated heterocycles. The Morgan fingerprint density at radius 3 is 2.65 bits per heavy atom. The predicted octanol–water partition coefficient (Wildman–Crippen LogP) is 3.74. The standard InChI is InChI=1S/C17H16ClN5O3/c1-9-4-12(14(25-3)6-11(9)18)21-15-7-13(19-8-20-15)17(24)22-16-5-10(2)26-23-16/h4-8H,1-3H3,(H,19,20,21)(H,22,23,24). The van der Waals surface area contributed by atoms with Crippen molar-refractivity contribution in [2.45, 2.75) is 13.8 Å². The number of hydrogen-bond donors (Lipinski definition) is 2. The fourth-order valence-corrected chi connectivity index (χ4v) is 2.38. The number of amides is 1. The van der Waals surface area contributed by atoms with Crippen LogP contribution < -0.4 is 15.4 Å². The van der Waals surface area contributed by atoms with Gasteiger partial charge in [0.25, 0.3) is 5.91 Å². The van der Waals surface area contributed by atoms with Crippen molar-refractivity contribution >= 4 is 34.8 Å². The van der Waals surface area contributed by atoms with E-state index < -0.39 is 5.91 Å². The first-order chi connectivity index (χ1) is 12.5. The van der Waals surface area contributed by atoms with Crippen LogP contribution in [0.3, 0.4) is 0 Å². The summed E-state index contributed by atoms with van der Waals surface area (Å²) in [6.07, 6.45) is 1.29. The van der Waals surface area contributed by atoms with E-state index in [2.05, 4.69) is 25.8 Å². The van der Waals surface area contributed by atoms with Crippen molar-refractivity contribution in [3.05, 3.63) is 52.6 Å². The number of carbonyl (C=O) groups is 1. The Bertz CT molecular complexity index is 957. The van der Waals surface area contributed by atoms with Gasteiger partial charge in [0.15, 0.2) is 5.82 Å². The van der Waals surface area contributed by atoms with Crippen molar-refractivity contribution in [2.75, 3.05) is 17.7 Å². The lowest BCUT2D eigenvalue weighted by Crippen LogP contribution is -2.14. The Morgan fingerprint density at radius 1 is 1.15 bits per heavy atom. The van der Waals surface area contributed by atoms with E-state index in [0.29, 0.717) is 33.9 Å². The summed E-state index contributed by atoms with van der Waals surface area (Å²) >= 11 is 6.11. The van der Waals surface area contributed by atoms with Gasteiger partial charge in [-0.15, -0.1) is 0 Å². The van der Waals surface area contributed by atoms with E-state index in [1.54, 1.807) is 26.2 Å². The summed E-state index contributed by atoms with van der Waals surface area (Å²) in [7, 11) is 1.55. The molecule has 0 fully saturated rings. The van der Waals surface area contributed by atoms with Gasteiger partial charge in [-0.25, -0.2) is 9.97 Å². The number of nitrogens with zero attached hydrogens (tertiary/aromatic N) is 3. The van der Waals surface area contributed by atoms with Crippen LogP contribution in [0.4, 0.5) is 17.3 Å². The van der Waals surface area contributed by atoms with Gasteiger partial charge in [-0.2, -0.15) is 0 Å². The number of nitrogens with one attached hydrogen (secondary N) is 2. The molecular formula is C17H16ClN5O3. The molecule has 1 amide bonds. The van der Waals surface area contributed by atoms with E-state index in [0.717, 1.165) is 5.56 Å². The van der Waals surface area contributed by atoms with Crippen molar-refractivity contribution in [2.24, 2.45) is 0 Å². The molecule has 2 heterocycles. The first-order valence-electron chi connectivity index (χ1n) is 7.64. The van der Waals surface area contributed by atoms with Crippen LogP contribution in [0.15, 0.2) is 35.1 Å². The topological polar surface area (TPSA) is 102 Å². The zero-order chi connectivity index (χ0) is 18.7. The molecule has 9 heteroatoms. The summed E-state index contributed by atoms with van der Waals surface area (Å²) in [6, 6.07) is 6.67. The molecule has 0 aliphatic carbocycles. The van der Waals surface area contributed by atoms with Crippen LogP contribution in [0.5, 0.6) is 5.75 Å². The predicted molar refractivity (Wildman–Crippen MR) is 97.2 cm³/mol. The van der Waals surface area contributed by atoms with Gasteiger partial charge in [0, 0.05) is 23.2 Å². The Balaban J connectivity index is 1.81. The molecule has 8 nitrogen and oxygen atoms in total. The van der Waals surface area contributed by atoms with Crippen molar-refractivity contribution in [3.8, 4) is 5.75 Å². The minimum absolute atomic E-state index is 0.174. The van der Waals surface area contributed by atoms with Gasteiger partial charge in [0.1, 0.15) is 29.3 Å². The number of aryl methyl sites for hydroxylation is 2. The zero-order valence-electron chi connectivity index (χ0n) is 14.3. The highest BCUT2D eigenvalue weighted by Gasteiger charge is 2.13. The molecule has 0 atom stereocenters. The van der Waals surface area contributed by atoms with E-state index in [1.165, 1.54) is 12.4 Å². The lowest BCUT2D eigenvalue weighted by atomic mass is 10.2. The highest BCUT2D eigenvalue weighted by molar-refractivity contribution is 6.31. The zero-order valence-corrected chi connectivity index (χ0v) is 15.1. The maximum absolute atomic E-state index is 12.3. The second-order valence-electron chi connectivity index (χ2n) is 5.49. The van der Waals surface area contributed by atoms with Gasteiger partial charge in [0.05, 0.1) is 12.8 Å². The third-order valence-corrected chi connectivity index (χ3v) is 3.92. The molecule has 0 spiro atoms. The van der Waals surface area contributed by atoms with Gasteiger partial charge in [-0.05, 0) is 25.5 Å². The summed E-state index contributed by atoms with van der Waals surface area (Å²) in [6.45, 7) is 3.61. The van der Waals surface area contributed by atoms with Crippen molar-refractivity contribution in [1.82, 2.24) is 15.1 Å². The third-order valence-electron chi connectivity index (χ3n) is 3.51. The van der Waals surface area contributed by atoms with Crippen LogP contribution in [0.25, 0.3) is 0 Å². The number of hydrogen-bond acceptors (Lipinski definition) is 7. The van der Waals surface area contributed by atoms with Crippen molar-refractivity contribution < 1.29 is 14.1 Å². The molecule has 2 N–H and O–H groups in total. The molecule has 0 aliphatic rings. The van der Waals surface area contributed by atoms with E-state index in [9.17, 15) is 4.79 Å². The van der Waals surface area contributed by atoms with Crippen molar-refractivity contribution in [3.63, 3.8) is 0 Å². The van der Waals surface area contributed by atoms with Crippen molar-refractivity contribution in [1.29, 1.82) is 0 Å². The number of anilines is 3. The van der Waals surface area contributed by atoms with Gasteiger partial charge in [-0.1, -0.05) is 16.8 Å². The second kappa shape index (κ2) is 7.40. The average molecular weight is 374 g/mol. The first-order valence-corrected chi connectivity index (χ1v) is 8.02. The monoisotopic (exact) mass is 373 g/mol. The van der Waals surface area contributed by atoms with Crippen LogP contribution in [0, 0.1) is 13.8 Å². The maximum atomic E-state index is 12.3. The molecule has 3 rings (SSSR count). The highest BCUT2D eigenvalue weighted by atomic mass is 35.5. The van der Waals surface area contributed by atoms with Gasteiger partial charge in [0.2, 0.25) is 0 Å². The van der Waals surface area contributed by atoms with Crippen LogP contribution in [-0.4, -0.2) is 28.1 Å². The van der Waals surface area contributed by atoms with Crippen LogP contribution in [0.1, 0.15) is 21.8 Å². The minimum Gasteiger partial charge on any atom is -0.495 e. The largest absolute Gasteiger partial charge is 0.495 e. The number of methoxy groups -OCH3 is 1. The number of rotatable bonds is 5. The molecule has 2 aromatic heterocycles. The second-order valence-corrected chi connectivity index (χ2v) is 5.90. The molecule has 0 aliphatic heterocycles. The normalized spacial score (nSPS) is 10.5. The fraction of sp³-hybridized carbons (Fsp3) is 0.176. The molecule has 0 bridgehead atoms. The maximum Gasteiger partial charge on any atom is 0.275 e. The quantitative estimate of drug-likeness (QED) is 0.702. The Morgan fingerprint density at radius 2 is 1.96 bits per heavy atom. The summed E-state index contributed by atoms with van der Waals surface area (Å²) in [5, 5.41) is 10.0.